The smallest absolute Gasteiger partial charge is 0.320 e. The van der Waals surface area contributed by atoms with Crippen LogP contribution in [0.2, 0.25) is 0 Å². The molecule has 0 bridgehead atoms. The van der Waals surface area contributed by atoms with Crippen molar-refractivity contribution in [2.24, 2.45) is 0 Å². The fraction of sp³-hybridized carbons (Fsp3) is 0.909. The van der Waals surface area contributed by atoms with Gasteiger partial charge in [0.05, 0.1) is 33.0 Å². The molecule has 16 heavy (non-hydrogen) atoms. The highest BCUT2D eigenvalue weighted by Crippen LogP contribution is 1.98. The van der Waals surface area contributed by atoms with E-state index in [1.54, 1.807) is 6.92 Å². The summed E-state index contributed by atoms with van der Waals surface area (Å²) in [4.78, 5) is 13.3. The Hall–Kier alpha value is -0.650. The number of nitrogens with zero attached hydrogens (tertiary/aromatic N) is 1. The summed E-state index contributed by atoms with van der Waals surface area (Å²) in [6, 6.07) is 0.266. The minimum Gasteiger partial charge on any atom is -0.465 e. The lowest BCUT2D eigenvalue weighted by Gasteiger charge is -2.25. The molecule has 0 rings (SSSR count). The van der Waals surface area contributed by atoms with Crippen molar-refractivity contribution in [1.29, 1.82) is 0 Å². The number of hydrogen-bond acceptors (Lipinski definition) is 5. The fourth-order valence-corrected chi connectivity index (χ4v) is 1.24. The number of ether oxygens (including phenoxy) is 2. The van der Waals surface area contributed by atoms with Crippen molar-refractivity contribution in [2.45, 2.75) is 26.8 Å². The second-order valence-corrected chi connectivity index (χ2v) is 3.71. The van der Waals surface area contributed by atoms with Gasteiger partial charge in [0.2, 0.25) is 0 Å². The predicted molar refractivity (Wildman–Crippen MR) is 61.2 cm³/mol. The molecular formula is C11H23NO4. The molecular weight excluding hydrogens is 210 g/mol. The van der Waals surface area contributed by atoms with Gasteiger partial charge in [-0.15, -0.1) is 0 Å². The molecule has 0 aromatic carbocycles. The third-order valence-corrected chi connectivity index (χ3v) is 2.13. The molecule has 0 unspecified atom stereocenters. The van der Waals surface area contributed by atoms with Gasteiger partial charge in [-0.2, -0.15) is 0 Å². The highest BCUT2D eigenvalue weighted by Gasteiger charge is 2.14. The summed E-state index contributed by atoms with van der Waals surface area (Å²) in [5, 5.41) is 8.54. The van der Waals surface area contributed by atoms with E-state index in [0.717, 1.165) is 0 Å². The molecule has 0 aromatic rings. The average molecular weight is 233 g/mol. The maximum absolute atomic E-state index is 11.3. The van der Waals surface area contributed by atoms with Gasteiger partial charge in [-0.05, 0) is 20.8 Å². The number of esters is 1. The first kappa shape index (κ1) is 15.3. The minimum atomic E-state index is -0.210. The zero-order valence-corrected chi connectivity index (χ0v) is 10.4. The van der Waals surface area contributed by atoms with Crippen LogP contribution in [0.5, 0.6) is 0 Å². The van der Waals surface area contributed by atoms with E-state index in [9.17, 15) is 4.79 Å². The van der Waals surface area contributed by atoms with Gasteiger partial charge < -0.3 is 14.6 Å². The fourth-order valence-electron chi connectivity index (χ4n) is 1.24. The predicted octanol–water partition coefficient (Wildman–Crippen LogP) is 0.269. The topological polar surface area (TPSA) is 59.0 Å². The molecule has 0 aliphatic heterocycles. The molecule has 0 amide bonds. The van der Waals surface area contributed by atoms with Crippen LogP contribution in [0.25, 0.3) is 0 Å². The Morgan fingerprint density at radius 3 is 2.56 bits per heavy atom. The molecule has 0 radical (unpaired) electrons. The first-order chi connectivity index (χ1) is 7.61. The summed E-state index contributed by atoms with van der Waals surface area (Å²) in [6.45, 7) is 8.07. The van der Waals surface area contributed by atoms with E-state index in [2.05, 4.69) is 0 Å². The second kappa shape index (κ2) is 9.57. The summed E-state index contributed by atoms with van der Waals surface area (Å²) in [5.41, 5.74) is 0. The minimum absolute atomic E-state index is 0.0273. The lowest BCUT2D eigenvalue weighted by atomic mass is 10.3. The molecule has 0 aromatic heterocycles. The van der Waals surface area contributed by atoms with E-state index < -0.39 is 0 Å². The molecule has 0 spiro atoms. The molecule has 0 aliphatic carbocycles. The Bertz CT molecular complexity index is 185. The van der Waals surface area contributed by atoms with Crippen LogP contribution in [-0.2, 0) is 14.3 Å². The highest BCUT2D eigenvalue weighted by atomic mass is 16.5. The zero-order valence-electron chi connectivity index (χ0n) is 10.4. The molecule has 0 aliphatic rings. The van der Waals surface area contributed by atoms with Crippen LogP contribution in [0.15, 0.2) is 0 Å². The summed E-state index contributed by atoms with van der Waals surface area (Å²) < 4.78 is 10.0. The maximum atomic E-state index is 11.3. The van der Waals surface area contributed by atoms with Gasteiger partial charge in [0, 0.05) is 12.6 Å². The largest absolute Gasteiger partial charge is 0.465 e. The zero-order chi connectivity index (χ0) is 12.4. The Morgan fingerprint density at radius 2 is 2.06 bits per heavy atom. The number of aliphatic hydroxyl groups is 1. The van der Waals surface area contributed by atoms with Crippen LogP contribution in [-0.4, -0.2) is 61.5 Å². The SMILES string of the molecule is CCOC(=O)CN(CCOCCO)C(C)C. The van der Waals surface area contributed by atoms with E-state index in [-0.39, 0.29) is 25.2 Å². The Labute approximate surface area is 97.3 Å². The van der Waals surface area contributed by atoms with Gasteiger partial charge in [-0.3, -0.25) is 9.69 Å². The molecule has 0 fully saturated rings. The van der Waals surface area contributed by atoms with E-state index in [1.807, 2.05) is 18.7 Å². The number of rotatable bonds is 9. The average Bonchev–Trinajstić information content (AvgIpc) is 2.22. The number of carbonyl (C=O) groups excluding carboxylic acids is 1. The standard InChI is InChI=1S/C11H23NO4/c1-4-16-11(14)9-12(10(2)3)5-7-15-8-6-13/h10,13H,4-9H2,1-3H3. The Balaban J connectivity index is 3.83. The van der Waals surface area contributed by atoms with Crippen LogP contribution in [0.4, 0.5) is 0 Å². The normalized spacial score (nSPS) is 11.1. The first-order valence-corrected chi connectivity index (χ1v) is 5.70. The third kappa shape index (κ3) is 7.62. The quantitative estimate of drug-likeness (QED) is 0.457. The van der Waals surface area contributed by atoms with Gasteiger partial charge in [-0.1, -0.05) is 0 Å². The van der Waals surface area contributed by atoms with Crippen molar-refractivity contribution in [3.05, 3.63) is 0 Å². The lowest BCUT2D eigenvalue weighted by Crippen LogP contribution is -2.38. The van der Waals surface area contributed by atoms with E-state index >= 15 is 0 Å². The van der Waals surface area contributed by atoms with Crippen LogP contribution < -0.4 is 0 Å². The van der Waals surface area contributed by atoms with Gasteiger partial charge in [-0.25, -0.2) is 0 Å². The van der Waals surface area contributed by atoms with E-state index in [1.165, 1.54) is 0 Å². The summed E-state index contributed by atoms with van der Waals surface area (Å²) in [5.74, 6) is -0.210. The van der Waals surface area contributed by atoms with Gasteiger partial charge in [0.15, 0.2) is 0 Å². The number of aliphatic hydroxyl groups excluding tert-OH is 1. The second-order valence-electron chi connectivity index (χ2n) is 3.71. The summed E-state index contributed by atoms with van der Waals surface area (Å²) >= 11 is 0. The molecule has 0 saturated heterocycles. The van der Waals surface area contributed by atoms with Gasteiger partial charge in [0.25, 0.3) is 0 Å². The van der Waals surface area contributed by atoms with E-state index in [4.69, 9.17) is 14.6 Å². The molecule has 0 heterocycles. The first-order valence-electron chi connectivity index (χ1n) is 5.70. The molecule has 1 N–H and O–H groups in total. The van der Waals surface area contributed by atoms with Crippen LogP contribution in [0.3, 0.4) is 0 Å². The Morgan fingerprint density at radius 1 is 1.38 bits per heavy atom. The van der Waals surface area contributed by atoms with Crippen molar-refractivity contribution in [3.63, 3.8) is 0 Å². The van der Waals surface area contributed by atoms with Crippen molar-refractivity contribution >= 4 is 5.97 Å². The van der Waals surface area contributed by atoms with Gasteiger partial charge in [0.1, 0.15) is 0 Å². The van der Waals surface area contributed by atoms with Crippen molar-refractivity contribution in [2.75, 3.05) is 39.5 Å². The monoisotopic (exact) mass is 233 g/mol. The highest BCUT2D eigenvalue weighted by molar-refractivity contribution is 5.71. The van der Waals surface area contributed by atoms with Crippen LogP contribution in [0.1, 0.15) is 20.8 Å². The van der Waals surface area contributed by atoms with Gasteiger partial charge >= 0.3 is 5.97 Å². The maximum Gasteiger partial charge on any atom is 0.320 e. The molecule has 0 atom stereocenters. The van der Waals surface area contributed by atoms with E-state index in [0.29, 0.717) is 26.4 Å². The molecule has 96 valence electrons. The number of carbonyl (C=O) groups is 1. The molecule has 5 nitrogen and oxygen atoms in total. The molecule has 5 heteroatoms. The van der Waals surface area contributed by atoms with Crippen LogP contribution >= 0.6 is 0 Å². The lowest BCUT2D eigenvalue weighted by molar-refractivity contribution is -0.145. The third-order valence-electron chi connectivity index (χ3n) is 2.13. The van der Waals surface area contributed by atoms with Crippen molar-refractivity contribution in [1.82, 2.24) is 4.90 Å². The van der Waals surface area contributed by atoms with Crippen molar-refractivity contribution in [3.8, 4) is 0 Å². The summed E-state index contributed by atoms with van der Waals surface area (Å²) in [7, 11) is 0. The summed E-state index contributed by atoms with van der Waals surface area (Å²) in [6.07, 6.45) is 0. The van der Waals surface area contributed by atoms with Crippen molar-refractivity contribution < 1.29 is 19.4 Å². The number of hydrogen-bond donors (Lipinski definition) is 1. The molecule has 0 saturated carbocycles. The Kier molecular flexibility index (Phi) is 9.18. The van der Waals surface area contributed by atoms with Crippen LogP contribution in [0, 0.1) is 0 Å².